The fourth-order valence-corrected chi connectivity index (χ4v) is 3.33. The Labute approximate surface area is 163 Å². The zero-order valence-corrected chi connectivity index (χ0v) is 16.4. The predicted molar refractivity (Wildman–Crippen MR) is 100.0 cm³/mol. The van der Waals surface area contributed by atoms with Crippen molar-refractivity contribution < 1.29 is 38.6 Å². The maximum atomic E-state index is 10.8. The summed E-state index contributed by atoms with van der Waals surface area (Å²) < 4.78 is 32.7. The molecule has 0 saturated carbocycles. The van der Waals surface area contributed by atoms with Crippen LogP contribution in [0.15, 0.2) is 24.3 Å². The van der Waals surface area contributed by atoms with Gasteiger partial charge in [0.05, 0.1) is 41.1 Å². The molecule has 2 N–H and O–H groups in total. The molecule has 8 heteroatoms. The molecule has 3 rings (SSSR count). The standard InChI is InChI=1S/C20H24O8/c1-23-11-8-12(24-2)16-13(9-11)28-19(18(22)17(16)21)10-6-14(25-3)20(27-5)15(7-10)26-4/h6-9,17-19,21-22H,1-5H3/t17-,18-,19+/m0/s1. The monoisotopic (exact) mass is 392 g/mol. The lowest BCUT2D eigenvalue weighted by Gasteiger charge is -2.35. The zero-order chi connectivity index (χ0) is 20.4. The molecule has 1 heterocycles. The Morgan fingerprint density at radius 3 is 1.86 bits per heavy atom. The van der Waals surface area contributed by atoms with Crippen LogP contribution < -0.4 is 28.4 Å². The summed E-state index contributed by atoms with van der Waals surface area (Å²) >= 11 is 0. The molecule has 0 bridgehead atoms. The number of aliphatic hydroxyl groups excluding tert-OH is 2. The van der Waals surface area contributed by atoms with E-state index in [9.17, 15) is 10.2 Å². The topological polar surface area (TPSA) is 95.8 Å². The van der Waals surface area contributed by atoms with Crippen molar-refractivity contribution in [1.29, 1.82) is 0 Å². The second-order valence-corrected chi connectivity index (χ2v) is 6.17. The van der Waals surface area contributed by atoms with Crippen molar-refractivity contribution in [2.75, 3.05) is 35.5 Å². The number of rotatable bonds is 6. The SMILES string of the molecule is COc1cc(OC)c2c(c1)O[C@H](c1cc(OC)c(OC)c(OC)c1)[C@@H](O)[C@H]2O. The lowest BCUT2D eigenvalue weighted by atomic mass is 9.91. The van der Waals surface area contributed by atoms with E-state index in [2.05, 4.69) is 0 Å². The van der Waals surface area contributed by atoms with Gasteiger partial charge in [0.15, 0.2) is 17.6 Å². The second kappa shape index (κ2) is 8.04. The van der Waals surface area contributed by atoms with Crippen LogP contribution in [0.25, 0.3) is 0 Å². The molecule has 0 amide bonds. The molecular weight excluding hydrogens is 368 g/mol. The van der Waals surface area contributed by atoms with Crippen LogP contribution in [0, 0.1) is 0 Å². The molecule has 0 saturated heterocycles. The van der Waals surface area contributed by atoms with Crippen LogP contribution in [-0.2, 0) is 0 Å². The Balaban J connectivity index is 2.11. The quantitative estimate of drug-likeness (QED) is 0.773. The Bertz CT molecular complexity index is 825. The number of aliphatic hydroxyl groups is 2. The van der Waals surface area contributed by atoms with Gasteiger partial charge in [-0.2, -0.15) is 0 Å². The molecule has 1 aliphatic rings. The molecule has 2 aromatic rings. The summed E-state index contributed by atoms with van der Waals surface area (Å²) in [7, 11) is 7.49. The van der Waals surface area contributed by atoms with Gasteiger partial charge in [-0.1, -0.05) is 0 Å². The van der Waals surface area contributed by atoms with Crippen molar-refractivity contribution in [1.82, 2.24) is 0 Å². The first-order chi connectivity index (χ1) is 13.5. The first-order valence-electron chi connectivity index (χ1n) is 8.57. The number of methoxy groups -OCH3 is 5. The molecule has 8 nitrogen and oxygen atoms in total. The Morgan fingerprint density at radius 2 is 1.36 bits per heavy atom. The summed E-state index contributed by atoms with van der Waals surface area (Å²) in [5.74, 6) is 2.47. The van der Waals surface area contributed by atoms with Gasteiger partial charge >= 0.3 is 0 Å². The highest BCUT2D eigenvalue weighted by Gasteiger charge is 2.40. The molecule has 0 radical (unpaired) electrons. The smallest absolute Gasteiger partial charge is 0.203 e. The van der Waals surface area contributed by atoms with Crippen LogP contribution in [0.3, 0.4) is 0 Å². The minimum Gasteiger partial charge on any atom is -0.496 e. The van der Waals surface area contributed by atoms with Gasteiger partial charge in [0.2, 0.25) is 5.75 Å². The van der Waals surface area contributed by atoms with Gasteiger partial charge in [0.25, 0.3) is 0 Å². The fraction of sp³-hybridized carbons (Fsp3) is 0.400. The maximum Gasteiger partial charge on any atom is 0.203 e. The summed E-state index contributed by atoms with van der Waals surface area (Å²) in [6.07, 6.45) is -3.36. The zero-order valence-electron chi connectivity index (χ0n) is 16.4. The minimum atomic E-state index is -1.25. The molecular formula is C20H24O8. The molecule has 1 aliphatic heterocycles. The van der Waals surface area contributed by atoms with Crippen molar-refractivity contribution in [3.63, 3.8) is 0 Å². The first kappa shape index (κ1) is 19.9. The van der Waals surface area contributed by atoms with E-state index in [1.54, 1.807) is 24.3 Å². The van der Waals surface area contributed by atoms with Crippen LogP contribution in [0.5, 0.6) is 34.5 Å². The third-order valence-electron chi connectivity index (χ3n) is 4.73. The average molecular weight is 392 g/mol. The molecule has 0 aliphatic carbocycles. The maximum absolute atomic E-state index is 10.8. The summed E-state index contributed by atoms with van der Waals surface area (Å²) in [5.41, 5.74) is 0.910. The van der Waals surface area contributed by atoms with E-state index < -0.39 is 18.3 Å². The largest absolute Gasteiger partial charge is 0.496 e. The van der Waals surface area contributed by atoms with E-state index in [1.165, 1.54) is 35.5 Å². The van der Waals surface area contributed by atoms with Gasteiger partial charge in [0.1, 0.15) is 29.5 Å². The molecule has 0 aromatic heterocycles. The van der Waals surface area contributed by atoms with Crippen LogP contribution in [0.2, 0.25) is 0 Å². The molecule has 3 atom stereocenters. The fourth-order valence-electron chi connectivity index (χ4n) is 3.33. The Morgan fingerprint density at radius 1 is 0.750 bits per heavy atom. The van der Waals surface area contributed by atoms with E-state index in [1.807, 2.05) is 0 Å². The minimum absolute atomic E-state index is 0.354. The highest BCUT2D eigenvalue weighted by Crippen LogP contribution is 2.49. The molecule has 0 unspecified atom stereocenters. The van der Waals surface area contributed by atoms with Gasteiger partial charge in [-0.25, -0.2) is 0 Å². The summed E-state index contributed by atoms with van der Waals surface area (Å²) in [6.45, 7) is 0. The van der Waals surface area contributed by atoms with Crippen molar-refractivity contribution in [3.8, 4) is 34.5 Å². The summed E-state index contributed by atoms with van der Waals surface area (Å²) in [5, 5.41) is 21.5. The van der Waals surface area contributed by atoms with E-state index in [0.29, 0.717) is 45.6 Å². The van der Waals surface area contributed by atoms with Gasteiger partial charge < -0.3 is 38.6 Å². The molecule has 2 aromatic carbocycles. The predicted octanol–water partition coefficient (Wildman–Crippen LogP) is 2.26. The van der Waals surface area contributed by atoms with E-state index in [0.717, 1.165) is 0 Å². The Kier molecular flexibility index (Phi) is 5.71. The van der Waals surface area contributed by atoms with Crippen molar-refractivity contribution in [3.05, 3.63) is 35.4 Å². The number of ether oxygens (including phenoxy) is 6. The second-order valence-electron chi connectivity index (χ2n) is 6.17. The Hall–Kier alpha value is -2.84. The van der Waals surface area contributed by atoms with Crippen LogP contribution in [-0.4, -0.2) is 51.9 Å². The molecule has 152 valence electrons. The van der Waals surface area contributed by atoms with Crippen molar-refractivity contribution in [2.24, 2.45) is 0 Å². The third kappa shape index (κ3) is 3.25. The van der Waals surface area contributed by atoms with E-state index in [4.69, 9.17) is 28.4 Å². The highest BCUT2D eigenvalue weighted by atomic mass is 16.5. The number of hydrogen-bond donors (Lipinski definition) is 2. The van der Waals surface area contributed by atoms with Gasteiger partial charge in [0, 0.05) is 17.7 Å². The molecule has 0 fully saturated rings. The molecule has 28 heavy (non-hydrogen) atoms. The van der Waals surface area contributed by atoms with Gasteiger partial charge in [-0.15, -0.1) is 0 Å². The average Bonchev–Trinajstić information content (AvgIpc) is 2.73. The summed E-state index contributed by atoms with van der Waals surface area (Å²) in [6, 6.07) is 6.60. The van der Waals surface area contributed by atoms with Crippen molar-refractivity contribution >= 4 is 0 Å². The normalized spacial score (nSPS) is 20.6. The van der Waals surface area contributed by atoms with E-state index in [-0.39, 0.29) is 0 Å². The van der Waals surface area contributed by atoms with Crippen molar-refractivity contribution in [2.45, 2.75) is 18.3 Å². The van der Waals surface area contributed by atoms with Gasteiger partial charge in [-0.05, 0) is 12.1 Å². The first-order valence-corrected chi connectivity index (χ1v) is 8.57. The molecule has 0 spiro atoms. The van der Waals surface area contributed by atoms with Crippen LogP contribution >= 0.6 is 0 Å². The number of benzene rings is 2. The number of hydrogen-bond acceptors (Lipinski definition) is 8. The number of fused-ring (bicyclic) bond motifs is 1. The highest BCUT2D eigenvalue weighted by molar-refractivity contribution is 5.57. The van der Waals surface area contributed by atoms with E-state index >= 15 is 0 Å². The van der Waals surface area contributed by atoms with Crippen LogP contribution in [0.4, 0.5) is 0 Å². The van der Waals surface area contributed by atoms with Crippen LogP contribution in [0.1, 0.15) is 23.3 Å². The lowest BCUT2D eigenvalue weighted by Crippen LogP contribution is -2.34. The lowest BCUT2D eigenvalue weighted by molar-refractivity contribution is -0.0711. The van der Waals surface area contributed by atoms with Gasteiger partial charge in [-0.3, -0.25) is 0 Å². The summed E-state index contributed by atoms with van der Waals surface area (Å²) in [4.78, 5) is 0. The third-order valence-corrected chi connectivity index (χ3v) is 4.73.